The number of guanidine groups is 1. The number of nitrogens with zero attached hydrogens (tertiary/aromatic N) is 1. The zero-order chi connectivity index (χ0) is 18.9. The molecule has 2 aliphatic carbocycles. The number of para-hydroxylation sites is 1. The van der Waals surface area contributed by atoms with Crippen molar-refractivity contribution in [2.75, 3.05) is 13.2 Å². The summed E-state index contributed by atoms with van der Waals surface area (Å²) in [5.41, 5.74) is 1.29. The summed E-state index contributed by atoms with van der Waals surface area (Å²) < 4.78 is 12.1. The van der Waals surface area contributed by atoms with E-state index in [4.69, 9.17) is 14.5 Å². The lowest BCUT2D eigenvalue weighted by Gasteiger charge is -2.54. The highest BCUT2D eigenvalue weighted by Crippen LogP contribution is 2.52. The fourth-order valence-electron chi connectivity index (χ4n) is 4.67. The van der Waals surface area contributed by atoms with Crippen LogP contribution in [-0.4, -0.2) is 37.4 Å². The molecule has 3 unspecified atom stereocenters. The topological polar surface area (TPSA) is 54.9 Å². The van der Waals surface area contributed by atoms with Crippen molar-refractivity contribution in [3.05, 3.63) is 29.8 Å². The van der Waals surface area contributed by atoms with Gasteiger partial charge < -0.3 is 20.1 Å². The molecule has 0 amide bonds. The smallest absolute Gasteiger partial charge is 0.191 e. The van der Waals surface area contributed by atoms with E-state index in [9.17, 15) is 0 Å². The molecule has 4 rings (SSSR count). The van der Waals surface area contributed by atoms with Crippen molar-refractivity contribution in [1.29, 1.82) is 0 Å². The van der Waals surface area contributed by atoms with Gasteiger partial charge in [0.15, 0.2) is 5.96 Å². The van der Waals surface area contributed by atoms with Crippen LogP contribution in [0.15, 0.2) is 29.3 Å². The normalized spacial score (nSPS) is 28.4. The summed E-state index contributed by atoms with van der Waals surface area (Å²) in [5, 5.41) is 7.10. The quantitative estimate of drug-likeness (QED) is 0.352. The molecule has 1 saturated heterocycles. The Morgan fingerprint density at radius 2 is 2.04 bits per heavy atom. The van der Waals surface area contributed by atoms with Crippen LogP contribution in [0.2, 0.25) is 0 Å². The molecule has 3 fully saturated rings. The molecule has 0 spiro atoms. The Hall–Kier alpha value is -1.02. The third kappa shape index (κ3) is 4.27. The van der Waals surface area contributed by atoms with Crippen molar-refractivity contribution >= 4 is 29.9 Å². The van der Waals surface area contributed by atoms with Crippen LogP contribution < -0.4 is 15.4 Å². The maximum absolute atomic E-state index is 6.15. The van der Waals surface area contributed by atoms with E-state index in [1.54, 1.807) is 0 Å². The molecule has 28 heavy (non-hydrogen) atoms. The number of hydrogen-bond donors (Lipinski definition) is 2. The lowest BCUT2D eigenvalue weighted by molar-refractivity contribution is -0.106. The molecular formula is C22H34IN3O2. The van der Waals surface area contributed by atoms with Gasteiger partial charge in [0, 0.05) is 36.1 Å². The highest BCUT2D eigenvalue weighted by Gasteiger charge is 2.59. The number of hydrogen-bond acceptors (Lipinski definition) is 3. The summed E-state index contributed by atoms with van der Waals surface area (Å²) in [6.45, 7) is 9.06. The summed E-state index contributed by atoms with van der Waals surface area (Å²) in [4.78, 5) is 4.87. The molecule has 3 aliphatic rings. The van der Waals surface area contributed by atoms with Gasteiger partial charge in [0.05, 0.1) is 18.8 Å². The number of halogens is 1. The molecule has 1 aliphatic heterocycles. The molecule has 2 saturated carbocycles. The highest BCUT2D eigenvalue weighted by molar-refractivity contribution is 14.0. The third-order valence-electron chi connectivity index (χ3n) is 6.46. The average Bonchev–Trinajstić information content (AvgIpc) is 3.08. The summed E-state index contributed by atoms with van der Waals surface area (Å²) in [6, 6.07) is 8.70. The van der Waals surface area contributed by atoms with Crippen molar-refractivity contribution in [3.8, 4) is 5.75 Å². The van der Waals surface area contributed by atoms with Crippen LogP contribution >= 0.6 is 24.0 Å². The Morgan fingerprint density at radius 1 is 1.25 bits per heavy atom. The van der Waals surface area contributed by atoms with E-state index >= 15 is 0 Å². The van der Waals surface area contributed by atoms with Gasteiger partial charge in [0.25, 0.3) is 0 Å². The first kappa shape index (κ1) is 21.7. The highest BCUT2D eigenvalue weighted by atomic mass is 127. The third-order valence-corrected chi connectivity index (χ3v) is 6.46. The van der Waals surface area contributed by atoms with E-state index < -0.39 is 0 Å². The van der Waals surface area contributed by atoms with Crippen molar-refractivity contribution in [2.45, 2.75) is 71.2 Å². The Morgan fingerprint density at radius 3 is 2.75 bits per heavy atom. The van der Waals surface area contributed by atoms with E-state index in [0.29, 0.717) is 30.7 Å². The minimum Gasteiger partial charge on any atom is -0.490 e. The van der Waals surface area contributed by atoms with Gasteiger partial charge in [0.1, 0.15) is 5.75 Å². The number of ether oxygens (including phenoxy) is 2. The van der Waals surface area contributed by atoms with E-state index in [2.05, 4.69) is 49.6 Å². The zero-order valence-electron chi connectivity index (χ0n) is 17.2. The fourth-order valence-corrected chi connectivity index (χ4v) is 4.67. The SMILES string of the molecule is CCNC(=NCc1ccccc1OC1CCC1)NC1C2CCOC2C1(C)C.I. The summed E-state index contributed by atoms with van der Waals surface area (Å²) in [6.07, 6.45) is 5.53. The largest absolute Gasteiger partial charge is 0.490 e. The van der Waals surface area contributed by atoms with Crippen LogP contribution in [0.3, 0.4) is 0 Å². The number of nitrogens with one attached hydrogen (secondary N) is 2. The monoisotopic (exact) mass is 499 g/mol. The number of benzene rings is 1. The molecule has 6 heteroatoms. The second kappa shape index (κ2) is 9.20. The van der Waals surface area contributed by atoms with Crippen molar-refractivity contribution in [2.24, 2.45) is 16.3 Å². The van der Waals surface area contributed by atoms with Crippen LogP contribution in [-0.2, 0) is 11.3 Å². The molecule has 3 atom stereocenters. The standard InChI is InChI=1S/C22H33N3O2.HI/c1-4-23-21(25-19-17-12-13-26-20(17)22(19,2)3)24-14-15-8-5-6-11-18(15)27-16-9-7-10-16;/h5-6,8,11,16-17,19-20H,4,7,9-10,12-14H2,1-3H3,(H2,23,24,25);1H. The maximum atomic E-state index is 6.15. The molecule has 1 aromatic carbocycles. The van der Waals surface area contributed by atoms with Gasteiger partial charge in [-0.3, -0.25) is 0 Å². The first-order valence-electron chi connectivity index (χ1n) is 10.5. The number of rotatable bonds is 6. The first-order chi connectivity index (χ1) is 13.1. The predicted molar refractivity (Wildman–Crippen MR) is 123 cm³/mol. The average molecular weight is 499 g/mol. The molecule has 5 nitrogen and oxygen atoms in total. The molecular weight excluding hydrogens is 465 g/mol. The van der Waals surface area contributed by atoms with Crippen LogP contribution in [0.1, 0.15) is 52.0 Å². The molecule has 0 radical (unpaired) electrons. The Labute approximate surface area is 186 Å². The second-order valence-corrected chi connectivity index (χ2v) is 8.66. The van der Waals surface area contributed by atoms with E-state index in [0.717, 1.165) is 36.8 Å². The Balaban J connectivity index is 0.00000225. The van der Waals surface area contributed by atoms with Crippen LogP contribution in [0.5, 0.6) is 5.75 Å². The van der Waals surface area contributed by atoms with Gasteiger partial charge >= 0.3 is 0 Å². The van der Waals surface area contributed by atoms with Crippen LogP contribution in [0.4, 0.5) is 0 Å². The lowest BCUT2D eigenvalue weighted by atomic mass is 9.57. The molecule has 1 aromatic rings. The summed E-state index contributed by atoms with van der Waals surface area (Å²) in [5.74, 6) is 2.47. The second-order valence-electron chi connectivity index (χ2n) is 8.66. The summed E-state index contributed by atoms with van der Waals surface area (Å²) >= 11 is 0. The van der Waals surface area contributed by atoms with Gasteiger partial charge in [-0.2, -0.15) is 0 Å². The van der Waals surface area contributed by atoms with Crippen LogP contribution in [0.25, 0.3) is 0 Å². The molecule has 1 heterocycles. The summed E-state index contributed by atoms with van der Waals surface area (Å²) in [7, 11) is 0. The van der Waals surface area contributed by atoms with Gasteiger partial charge in [-0.15, -0.1) is 24.0 Å². The van der Waals surface area contributed by atoms with Gasteiger partial charge in [0.2, 0.25) is 0 Å². The number of aliphatic imine (C=N–C) groups is 1. The minimum absolute atomic E-state index is 0. The first-order valence-corrected chi connectivity index (χ1v) is 10.5. The van der Waals surface area contributed by atoms with Gasteiger partial charge in [-0.1, -0.05) is 32.0 Å². The van der Waals surface area contributed by atoms with Crippen molar-refractivity contribution < 1.29 is 9.47 Å². The Bertz CT molecular complexity index is 690. The van der Waals surface area contributed by atoms with E-state index in [1.807, 2.05) is 6.07 Å². The maximum Gasteiger partial charge on any atom is 0.191 e. The molecule has 0 bridgehead atoms. The zero-order valence-corrected chi connectivity index (χ0v) is 19.6. The lowest BCUT2D eigenvalue weighted by Crippen LogP contribution is -2.67. The fraction of sp³-hybridized carbons (Fsp3) is 0.682. The molecule has 2 N–H and O–H groups in total. The van der Waals surface area contributed by atoms with Crippen molar-refractivity contribution in [3.63, 3.8) is 0 Å². The number of fused-ring (bicyclic) bond motifs is 1. The molecule has 156 valence electrons. The van der Waals surface area contributed by atoms with Gasteiger partial charge in [-0.05, 0) is 38.7 Å². The van der Waals surface area contributed by atoms with Gasteiger partial charge in [-0.25, -0.2) is 4.99 Å². The minimum atomic E-state index is 0. The predicted octanol–water partition coefficient (Wildman–Crippen LogP) is 4.10. The Kier molecular flexibility index (Phi) is 7.12. The molecule has 0 aromatic heterocycles. The van der Waals surface area contributed by atoms with E-state index in [1.165, 1.54) is 19.3 Å². The van der Waals surface area contributed by atoms with Crippen LogP contribution in [0, 0.1) is 11.3 Å². The van der Waals surface area contributed by atoms with Crippen molar-refractivity contribution in [1.82, 2.24) is 10.6 Å². The van der Waals surface area contributed by atoms with E-state index in [-0.39, 0.29) is 29.4 Å².